The van der Waals surface area contributed by atoms with Gasteiger partial charge in [-0.15, -0.1) is 11.3 Å². The number of amides is 1. The molecule has 0 radical (unpaired) electrons. The summed E-state index contributed by atoms with van der Waals surface area (Å²) < 4.78 is 2.14. The molecule has 0 spiro atoms. The Bertz CT molecular complexity index is 887. The molecule has 0 saturated carbocycles. The molecule has 4 rings (SSSR count). The first-order valence-corrected chi connectivity index (χ1v) is 8.93. The fourth-order valence-electron chi connectivity index (χ4n) is 3.56. The molecule has 1 fully saturated rings. The standard InChI is InChI=1S/C17H19N5OS/c1-12-20-14(16-22(12)6-7-24-16)17(2)4-3-5-21(10-17)15(23)13-8-18-11-19-9-13/h6-9,11H,3-5,10H2,1-2H3/t17-/m0/s1. The number of fused-ring (bicyclic) bond motifs is 1. The Kier molecular flexibility index (Phi) is 3.60. The maximum Gasteiger partial charge on any atom is 0.257 e. The zero-order valence-corrected chi connectivity index (χ0v) is 14.6. The first-order valence-electron chi connectivity index (χ1n) is 8.05. The first-order chi connectivity index (χ1) is 11.6. The van der Waals surface area contributed by atoms with E-state index in [1.807, 2.05) is 11.8 Å². The minimum atomic E-state index is -0.131. The van der Waals surface area contributed by atoms with Crippen LogP contribution in [0.2, 0.25) is 0 Å². The van der Waals surface area contributed by atoms with Crippen molar-refractivity contribution in [1.29, 1.82) is 0 Å². The maximum atomic E-state index is 12.8. The second kappa shape index (κ2) is 5.66. The molecule has 3 aromatic heterocycles. The van der Waals surface area contributed by atoms with Crippen LogP contribution in [0.4, 0.5) is 0 Å². The van der Waals surface area contributed by atoms with Crippen molar-refractivity contribution in [1.82, 2.24) is 24.3 Å². The van der Waals surface area contributed by atoms with E-state index in [1.54, 1.807) is 23.7 Å². The van der Waals surface area contributed by atoms with Crippen LogP contribution in [-0.2, 0) is 5.41 Å². The highest BCUT2D eigenvalue weighted by Crippen LogP contribution is 2.37. The number of imidazole rings is 1. The van der Waals surface area contributed by atoms with E-state index in [0.717, 1.165) is 30.9 Å². The number of piperidine rings is 1. The maximum absolute atomic E-state index is 12.8. The van der Waals surface area contributed by atoms with E-state index in [4.69, 9.17) is 4.98 Å². The van der Waals surface area contributed by atoms with Gasteiger partial charge in [-0.25, -0.2) is 15.0 Å². The lowest BCUT2D eigenvalue weighted by Crippen LogP contribution is -2.47. The van der Waals surface area contributed by atoms with Gasteiger partial charge in [0.1, 0.15) is 17.0 Å². The van der Waals surface area contributed by atoms with Gasteiger partial charge in [-0.2, -0.15) is 0 Å². The van der Waals surface area contributed by atoms with Crippen LogP contribution in [-0.4, -0.2) is 43.2 Å². The molecule has 1 aliphatic heterocycles. The molecule has 1 saturated heterocycles. The van der Waals surface area contributed by atoms with Crippen molar-refractivity contribution in [2.24, 2.45) is 0 Å². The lowest BCUT2D eigenvalue weighted by Gasteiger charge is -2.39. The quantitative estimate of drug-likeness (QED) is 0.719. The van der Waals surface area contributed by atoms with Crippen LogP contribution in [0.5, 0.6) is 0 Å². The number of thiazole rings is 1. The van der Waals surface area contributed by atoms with Gasteiger partial charge in [-0.1, -0.05) is 6.92 Å². The van der Waals surface area contributed by atoms with Crippen molar-refractivity contribution in [3.05, 3.63) is 47.4 Å². The number of likely N-dealkylation sites (tertiary alicyclic amines) is 1. The van der Waals surface area contributed by atoms with Crippen LogP contribution >= 0.6 is 11.3 Å². The van der Waals surface area contributed by atoms with Crippen LogP contribution in [0, 0.1) is 6.92 Å². The molecule has 0 unspecified atom stereocenters. The molecular formula is C17H19N5OS. The lowest BCUT2D eigenvalue weighted by molar-refractivity contribution is 0.0648. The summed E-state index contributed by atoms with van der Waals surface area (Å²) in [5.74, 6) is 1.00. The van der Waals surface area contributed by atoms with Crippen molar-refractivity contribution in [3.63, 3.8) is 0 Å². The third-order valence-electron chi connectivity index (χ3n) is 4.80. The van der Waals surface area contributed by atoms with Crippen LogP contribution in [0.1, 0.15) is 41.6 Å². The normalized spacial score (nSPS) is 21.3. The lowest BCUT2D eigenvalue weighted by atomic mass is 9.79. The monoisotopic (exact) mass is 341 g/mol. The highest BCUT2D eigenvalue weighted by Gasteiger charge is 2.38. The van der Waals surface area contributed by atoms with Crippen molar-refractivity contribution in [2.75, 3.05) is 13.1 Å². The van der Waals surface area contributed by atoms with E-state index < -0.39 is 0 Å². The van der Waals surface area contributed by atoms with Crippen LogP contribution in [0.3, 0.4) is 0 Å². The minimum Gasteiger partial charge on any atom is -0.338 e. The number of rotatable bonds is 2. The van der Waals surface area contributed by atoms with Gasteiger partial charge < -0.3 is 4.90 Å². The van der Waals surface area contributed by atoms with Gasteiger partial charge in [0, 0.05) is 42.5 Å². The van der Waals surface area contributed by atoms with E-state index >= 15 is 0 Å². The summed E-state index contributed by atoms with van der Waals surface area (Å²) in [4.78, 5) is 28.6. The average Bonchev–Trinajstić information content (AvgIpc) is 3.19. The molecule has 7 heteroatoms. The highest BCUT2D eigenvalue weighted by atomic mass is 32.1. The number of hydrogen-bond acceptors (Lipinski definition) is 5. The number of aryl methyl sites for hydroxylation is 1. The van der Waals surface area contributed by atoms with Crippen LogP contribution in [0.25, 0.3) is 4.83 Å². The van der Waals surface area contributed by atoms with Crippen molar-refractivity contribution in [2.45, 2.75) is 32.1 Å². The summed E-state index contributed by atoms with van der Waals surface area (Å²) in [6.07, 6.45) is 8.67. The molecule has 1 amide bonds. The molecule has 0 bridgehead atoms. The van der Waals surface area contributed by atoms with Gasteiger partial charge in [-0.3, -0.25) is 9.20 Å². The zero-order valence-electron chi connectivity index (χ0n) is 13.8. The van der Waals surface area contributed by atoms with Crippen LogP contribution in [0.15, 0.2) is 30.3 Å². The zero-order chi connectivity index (χ0) is 16.7. The second-order valence-corrected chi connectivity index (χ2v) is 7.50. The van der Waals surface area contributed by atoms with Crippen molar-refractivity contribution >= 4 is 22.1 Å². The Labute approximate surface area is 144 Å². The fraction of sp³-hybridized carbons (Fsp3) is 0.412. The smallest absolute Gasteiger partial charge is 0.257 e. The summed E-state index contributed by atoms with van der Waals surface area (Å²) in [6.45, 7) is 5.68. The summed E-state index contributed by atoms with van der Waals surface area (Å²) in [5, 5.41) is 2.09. The first kappa shape index (κ1) is 15.3. The van der Waals surface area contributed by atoms with E-state index in [2.05, 4.69) is 32.9 Å². The number of nitrogens with zero attached hydrogens (tertiary/aromatic N) is 5. The molecule has 3 aromatic rings. The predicted octanol–water partition coefficient (Wildman–Crippen LogP) is 2.69. The largest absolute Gasteiger partial charge is 0.338 e. The van der Waals surface area contributed by atoms with Gasteiger partial charge in [0.25, 0.3) is 5.91 Å². The molecular weight excluding hydrogens is 322 g/mol. The Morgan fingerprint density at radius 2 is 2.12 bits per heavy atom. The summed E-state index contributed by atoms with van der Waals surface area (Å²) in [7, 11) is 0. The Balaban J connectivity index is 1.66. The van der Waals surface area contributed by atoms with E-state index in [1.165, 1.54) is 11.2 Å². The summed E-state index contributed by atoms with van der Waals surface area (Å²) in [5.41, 5.74) is 1.52. The number of carbonyl (C=O) groups is 1. The van der Waals surface area contributed by atoms with Crippen molar-refractivity contribution in [3.8, 4) is 0 Å². The van der Waals surface area contributed by atoms with Crippen LogP contribution < -0.4 is 0 Å². The summed E-state index contributed by atoms with van der Waals surface area (Å²) >= 11 is 1.71. The average molecular weight is 341 g/mol. The molecule has 0 aliphatic carbocycles. The van der Waals surface area contributed by atoms with E-state index in [-0.39, 0.29) is 11.3 Å². The minimum absolute atomic E-state index is 0.000111. The Morgan fingerprint density at radius 3 is 2.92 bits per heavy atom. The molecule has 4 heterocycles. The molecule has 24 heavy (non-hydrogen) atoms. The molecule has 0 aromatic carbocycles. The number of aromatic nitrogens is 4. The van der Waals surface area contributed by atoms with Gasteiger partial charge in [0.05, 0.1) is 11.3 Å². The number of hydrogen-bond donors (Lipinski definition) is 0. The fourth-order valence-corrected chi connectivity index (χ4v) is 4.58. The third-order valence-corrected chi connectivity index (χ3v) is 5.67. The predicted molar refractivity (Wildman–Crippen MR) is 92.3 cm³/mol. The molecule has 1 atom stereocenters. The van der Waals surface area contributed by atoms with Gasteiger partial charge in [-0.05, 0) is 19.8 Å². The Morgan fingerprint density at radius 1 is 1.33 bits per heavy atom. The Hall–Kier alpha value is -2.28. The van der Waals surface area contributed by atoms with Gasteiger partial charge in [0.15, 0.2) is 0 Å². The highest BCUT2D eigenvalue weighted by molar-refractivity contribution is 7.15. The van der Waals surface area contributed by atoms with Crippen molar-refractivity contribution < 1.29 is 4.79 Å². The SMILES string of the molecule is Cc1nc([C@@]2(C)CCCN(C(=O)c3cncnc3)C2)c2sccn12. The molecule has 0 N–H and O–H groups in total. The summed E-state index contributed by atoms with van der Waals surface area (Å²) in [6, 6.07) is 0. The van der Waals surface area contributed by atoms with E-state index in [0.29, 0.717) is 12.1 Å². The topological polar surface area (TPSA) is 63.4 Å². The molecule has 1 aliphatic rings. The van der Waals surface area contributed by atoms with Gasteiger partial charge >= 0.3 is 0 Å². The number of carbonyl (C=O) groups excluding carboxylic acids is 1. The van der Waals surface area contributed by atoms with E-state index in [9.17, 15) is 4.79 Å². The molecule has 124 valence electrons. The third kappa shape index (κ3) is 2.39. The van der Waals surface area contributed by atoms with Gasteiger partial charge in [0.2, 0.25) is 0 Å². The molecule has 6 nitrogen and oxygen atoms in total. The second-order valence-electron chi connectivity index (χ2n) is 6.60.